The summed E-state index contributed by atoms with van der Waals surface area (Å²) in [4.78, 5) is 13.4. The number of benzene rings is 1. The number of halogens is 2. The third-order valence-corrected chi connectivity index (χ3v) is 5.06. The van der Waals surface area contributed by atoms with E-state index < -0.39 is 0 Å². The van der Waals surface area contributed by atoms with Crippen LogP contribution < -0.4 is 5.32 Å². The van der Waals surface area contributed by atoms with Gasteiger partial charge in [-0.2, -0.15) is 0 Å². The van der Waals surface area contributed by atoms with Gasteiger partial charge in [0.25, 0.3) is 5.69 Å². The molecule has 136 valence electrons. The van der Waals surface area contributed by atoms with Crippen LogP contribution in [0.5, 0.6) is 0 Å². The molecule has 3 rings (SSSR count). The summed E-state index contributed by atoms with van der Waals surface area (Å²) < 4.78 is 0. The molecule has 1 saturated heterocycles. The number of nitro benzene ring substituents is 1. The van der Waals surface area contributed by atoms with Gasteiger partial charge in [0, 0.05) is 44.4 Å². The minimum absolute atomic E-state index is 0. The van der Waals surface area contributed by atoms with Crippen LogP contribution in [-0.4, -0.2) is 36.0 Å². The lowest BCUT2D eigenvalue weighted by molar-refractivity contribution is -0.385. The molecule has 7 heteroatoms. The van der Waals surface area contributed by atoms with Gasteiger partial charge in [0.1, 0.15) is 0 Å². The van der Waals surface area contributed by atoms with Gasteiger partial charge in [0.05, 0.1) is 4.92 Å². The first-order valence-corrected chi connectivity index (χ1v) is 8.45. The maximum absolute atomic E-state index is 11.1. The van der Waals surface area contributed by atoms with E-state index in [1.807, 2.05) is 6.07 Å². The Labute approximate surface area is 156 Å². The highest BCUT2D eigenvalue weighted by atomic mass is 35.5. The molecule has 1 aromatic carbocycles. The zero-order valence-electron chi connectivity index (χ0n) is 13.9. The van der Waals surface area contributed by atoms with E-state index in [4.69, 9.17) is 0 Å². The smallest absolute Gasteiger partial charge is 0.269 e. The molecular formula is C17H27Cl2N3O2. The SMILES string of the molecule is Cl.Cl.O=[N+]([O-])c1cccc([C@@H](C2CCCCC2)N2CCNCC2)c1. The lowest BCUT2D eigenvalue weighted by Gasteiger charge is -2.41. The Bertz CT molecular complexity index is 500. The minimum atomic E-state index is -0.279. The lowest BCUT2D eigenvalue weighted by atomic mass is 9.80. The Morgan fingerprint density at radius 3 is 2.42 bits per heavy atom. The number of hydrogen-bond acceptors (Lipinski definition) is 4. The largest absolute Gasteiger partial charge is 0.314 e. The van der Waals surface area contributed by atoms with Crippen molar-refractivity contribution >= 4 is 30.5 Å². The zero-order chi connectivity index (χ0) is 15.4. The normalized spacial score (nSPS) is 20.5. The van der Waals surface area contributed by atoms with Crippen LogP contribution in [0.4, 0.5) is 5.69 Å². The number of nitro groups is 1. The fraction of sp³-hybridized carbons (Fsp3) is 0.647. The molecule has 5 nitrogen and oxygen atoms in total. The van der Waals surface area contributed by atoms with Crippen molar-refractivity contribution in [3.63, 3.8) is 0 Å². The Hall–Kier alpha value is -0.880. The number of nitrogens with one attached hydrogen (secondary N) is 1. The molecule has 0 radical (unpaired) electrons. The van der Waals surface area contributed by atoms with Crippen molar-refractivity contribution < 1.29 is 4.92 Å². The van der Waals surface area contributed by atoms with Gasteiger partial charge in [-0.1, -0.05) is 31.4 Å². The van der Waals surface area contributed by atoms with Gasteiger partial charge >= 0.3 is 0 Å². The van der Waals surface area contributed by atoms with Crippen molar-refractivity contribution in [2.24, 2.45) is 5.92 Å². The Morgan fingerprint density at radius 2 is 1.79 bits per heavy atom. The summed E-state index contributed by atoms with van der Waals surface area (Å²) in [6, 6.07) is 7.64. The van der Waals surface area contributed by atoms with Crippen molar-refractivity contribution in [3.8, 4) is 0 Å². The van der Waals surface area contributed by atoms with Crippen molar-refractivity contribution in [2.75, 3.05) is 26.2 Å². The third kappa shape index (κ3) is 5.06. The second kappa shape index (κ2) is 10.2. The maximum atomic E-state index is 11.1. The van der Waals surface area contributed by atoms with E-state index in [0.717, 1.165) is 31.7 Å². The molecule has 24 heavy (non-hydrogen) atoms. The molecule has 0 aromatic heterocycles. The maximum Gasteiger partial charge on any atom is 0.269 e. The second-order valence-electron chi connectivity index (χ2n) is 6.48. The number of rotatable bonds is 4. The summed E-state index contributed by atoms with van der Waals surface area (Å²) in [6.45, 7) is 4.09. The minimum Gasteiger partial charge on any atom is -0.314 e. The number of hydrogen-bond donors (Lipinski definition) is 1. The van der Waals surface area contributed by atoms with Crippen molar-refractivity contribution in [3.05, 3.63) is 39.9 Å². The molecule has 1 atom stereocenters. The summed E-state index contributed by atoms with van der Waals surface area (Å²) in [5, 5.41) is 14.5. The zero-order valence-corrected chi connectivity index (χ0v) is 15.5. The molecular weight excluding hydrogens is 349 g/mol. The first-order chi connectivity index (χ1) is 10.8. The van der Waals surface area contributed by atoms with Crippen LogP contribution in [-0.2, 0) is 0 Å². The second-order valence-corrected chi connectivity index (χ2v) is 6.48. The molecule has 0 spiro atoms. The fourth-order valence-electron chi connectivity index (χ4n) is 4.01. The molecule has 2 fully saturated rings. The van der Waals surface area contributed by atoms with Crippen molar-refractivity contribution in [1.29, 1.82) is 0 Å². The average molecular weight is 376 g/mol. The van der Waals surface area contributed by atoms with E-state index in [2.05, 4.69) is 16.3 Å². The van der Waals surface area contributed by atoms with Crippen LogP contribution in [0.25, 0.3) is 0 Å². The highest BCUT2D eigenvalue weighted by Crippen LogP contribution is 2.39. The molecule has 0 bridgehead atoms. The summed E-state index contributed by atoms with van der Waals surface area (Å²) in [5.41, 5.74) is 1.34. The van der Waals surface area contributed by atoms with Crippen molar-refractivity contribution in [2.45, 2.75) is 38.1 Å². The van der Waals surface area contributed by atoms with Crippen LogP contribution >= 0.6 is 24.8 Å². The van der Waals surface area contributed by atoms with Gasteiger partial charge < -0.3 is 5.32 Å². The highest BCUT2D eigenvalue weighted by molar-refractivity contribution is 5.85. The first kappa shape index (κ1) is 21.2. The summed E-state index contributed by atoms with van der Waals surface area (Å²) in [6.07, 6.45) is 6.42. The van der Waals surface area contributed by atoms with E-state index in [-0.39, 0.29) is 35.4 Å². The van der Waals surface area contributed by atoms with Gasteiger partial charge in [-0.15, -0.1) is 24.8 Å². The van der Waals surface area contributed by atoms with Crippen LogP contribution in [0.15, 0.2) is 24.3 Å². The van der Waals surface area contributed by atoms with Gasteiger partial charge in [-0.3, -0.25) is 15.0 Å². The summed E-state index contributed by atoms with van der Waals surface area (Å²) in [7, 11) is 0. The Morgan fingerprint density at radius 1 is 1.12 bits per heavy atom. The summed E-state index contributed by atoms with van der Waals surface area (Å²) in [5.74, 6) is 0.633. The van der Waals surface area contributed by atoms with Crippen LogP contribution in [0.3, 0.4) is 0 Å². The molecule has 1 aliphatic heterocycles. The van der Waals surface area contributed by atoms with Gasteiger partial charge in [0.2, 0.25) is 0 Å². The molecule has 0 unspecified atom stereocenters. The van der Waals surface area contributed by atoms with E-state index in [1.54, 1.807) is 12.1 Å². The predicted molar refractivity (Wildman–Crippen MR) is 101 cm³/mol. The Kier molecular flexibility index (Phi) is 8.98. The van der Waals surface area contributed by atoms with E-state index in [0.29, 0.717) is 12.0 Å². The quantitative estimate of drug-likeness (QED) is 0.638. The Balaban J connectivity index is 0.00000144. The predicted octanol–water partition coefficient (Wildman–Crippen LogP) is 3.97. The van der Waals surface area contributed by atoms with Crippen LogP contribution in [0.1, 0.15) is 43.7 Å². The standard InChI is InChI=1S/C17H25N3O2.2ClH/c21-20(22)16-8-4-7-15(13-16)17(14-5-2-1-3-6-14)19-11-9-18-10-12-19;;/h4,7-8,13-14,17-18H,1-3,5-6,9-12H2;2*1H/t17-;;/m1../s1. The lowest BCUT2D eigenvalue weighted by Crippen LogP contribution is -2.47. The van der Waals surface area contributed by atoms with E-state index in [1.165, 1.54) is 32.1 Å². The molecule has 1 aliphatic carbocycles. The first-order valence-electron chi connectivity index (χ1n) is 8.45. The third-order valence-electron chi connectivity index (χ3n) is 5.06. The van der Waals surface area contributed by atoms with Crippen LogP contribution in [0.2, 0.25) is 0 Å². The molecule has 1 heterocycles. The van der Waals surface area contributed by atoms with E-state index in [9.17, 15) is 10.1 Å². The average Bonchev–Trinajstić information content (AvgIpc) is 2.57. The molecule has 2 aliphatic rings. The number of piperazine rings is 1. The van der Waals surface area contributed by atoms with Gasteiger partial charge in [-0.05, 0) is 24.3 Å². The molecule has 0 amide bonds. The van der Waals surface area contributed by atoms with E-state index >= 15 is 0 Å². The monoisotopic (exact) mass is 375 g/mol. The topological polar surface area (TPSA) is 58.4 Å². The molecule has 1 aromatic rings. The fourth-order valence-corrected chi connectivity index (χ4v) is 4.01. The van der Waals surface area contributed by atoms with Crippen LogP contribution in [0, 0.1) is 16.0 Å². The van der Waals surface area contributed by atoms with Crippen molar-refractivity contribution in [1.82, 2.24) is 10.2 Å². The number of nitrogens with zero attached hydrogens (tertiary/aromatic N) is 2. The molecule has 1 saturated carbocycles. The van der Waals surface area contributed by atoms with Gasteiger partial charge in [-0.25, -0.2) is 0 Å². The summed E-state index contributed by atoms with van der Waals surface area (Å²) >= 11 is 0. The molecule has 1 N–H and O–H groups in total. The number of non-ortho nitro benzene ring substituents is 1. The highest BCUT2D eigenvalue weighted by Gasteiger charge is 2.31. The van der Waals surface area contributed by atoms with Gasteiger partial charge in [0.15, 0.2) is 0 Å².